The monoisotopic (exact) mass is 380 g/mol. The van der Waals surface area contributed by atoms with Crippen LogP contribution in [0.25, 0.3) is 0 Å². The fourth-order valence-electron chi connectivity index (χ4n) is 3.15. The summed E-state index contributed by atoms with van der Waals surface area (Å²) in [5.74, 6) is -1.09. The maximum absolute atomic E-state index is 12.3. The number of ether oxygens (including phenoxy) is 1. The van der Waals surface area contributed by atoms with E-state index in [1.165, 1.54) is 5.56 Å². The van der Waals surface area contributed by atoms with Gasteiger partial charge in [-0.15, -0.1) is 0 Å². The maximum Gasteiger partial charge on any atom is 0.259 e. The molecule has 0 aromatic heterocycles. The third-order valence-electron chi connectivity index (χ3n) is 4.50. The number of amides is 1. The van der Waals surface area contributed by atoms with E-state index in [4.69, 9.17) is 4.74 Å². The number of carbonyl (C=O) groups excluding carboxylic acids is 2. The minimum Gasteiger partial charge on any atom is -0.546 e. The van der Waals surface area contributed by atoms with E-state index in [0.717, 1.165) is 30.6 Å². The lowest BCUT2D eigenvalue weighted by Crippen LogP contribution is -2.38. The van der Waals surface area contributed by atoms with Gasteiger partial charge >= 0.3 is 0 Å². The number of nitrogens with zero attached hydrogens (tertiary/aromatic N) is 2. The fourth-order valence-corrected chi connectivity index (χ4v) is 3.15. The van der Waals surface area contributed by atoms with Crippen molar-refractivity contribution in [2.45, 2.75) is 19.8 Å². The van der Waals surface area contributed by atoms with Crippen molar-refractivity contribution in [3.63, 3.8) is 0 Å². The van der Waals surface area contributed by atoms with Gasteiger partial charge in [0.1, 0.15) is 12.4 Å². The molecule has 0 aliphatic carbocycles. The van der Waals surface area contributed by atoms with Crippen LogP contribution in [0, 0.1) is 0 Å². The summed E-state index contributed by atoms with van der Waals surface area (Å²) in [6, 6.07) is 15.0. The molecule has 1 amide bonds. The Morgan fingerprint density at radius 3 is 2.86 bits per heavy atom. The molecular weight excluding hydrogens is 358 g/mol. The zero-order valence-corrected chi connectivity index (χ0v) is 15.7. The molecule has 1 aliphatic rings. The van der Waals surface area contributed by atoms with Gasteiger partial charge in [-0.05, 0) is 43.5 Å². The van der Waals surface area contributed by atoms with E-state index in [2.05, 4.69) is 21.5 Å². The molecule has 7 heteroatoms. The number of benzene rings is 2. The number of fused-ring (bicyclic) bond motifs is 1. The number of aryl methyl sites for hydroxylation is 1. The minimum atomic E-state index is -1.29. The van der Waals surface area contributed by atoms with Gasteiger partial charge in [0.15, 0.2) is 0 Å². The van der Waals surface area contributed by atoms with Crippen LogP contribution in [-0.2, 0) is 16.0 Å². The summed E-state index contributed by atoms with van der Waals surface area (Å²) >= 11 is 0. The van der Waals surface area contributed by atoms with Crippen LogP contribution in [0.1, 0.15) is 24.5 Å². The van der Waals surface area contributed by atoms with Gasteiger partial charge in [0.05, 0.1) is 18.2 Å². The number of carboxylic acids is 1. The minimum absolute atomic E-state index is 0.194. The van der Waals surface area contributed by atoms with Crippen LogP contribution in [-0.4, -0.2) is 37.3 Å². The Hall–Kier alpha value is -3.35. The number of rotatable bonds is 7. The number of hydrazone groups is 1. The quantitative estimate of drug-likeness (QED) is 0.574. The highest BCUT2D eigenvalue weighted by Crippen LogP contribution is 2.26. The standard InChI is InChI=1S/C21H23N3O4/c1-15(17-7-4-9-18(12-17)28-14-21(26)27)22-23-20(25)13-24-11-5-8-16-6-2-3-10-19(16)24/h2-4,6-7,9-10,12H,5,8,11,13-14H2,1H3,(H,23,25)(H,26,27)/p-1/b22-15-. The van der Waals surface area contributed by atoms with Crippen molar-refractivity contribution in [3.8, 4) is 5.75 Å². The number of carbonyl (C=O) groups is 2. The van der Waals surface area contributed by atoms with E-state index >= 15 is 0 Å². The second-order valence-corrected chi connectivity index (χ2v) is 6.57. The van der Waals surface area contributed by atoms with Gasteiger partial charge in [-0.25, -0.2) is 5.43 Å². The summed E-state index contributed by atoms with van der Waals surface area (Å²) in [6.45, 7) is 2.32. The van der Waals surface area contributed by atoms with Gasteiger partial charge in [-0.3, -0.25) is 4.79 Å². The van der Waals surface area contributed by atoms with Crippen molar-refractivity contribution in [3.05, 3.63) is 59.7 Å². The smallest absolute Gasteiger partial charge is 0.259 e. The van der Waals surface area contributed by atoms with Crippen molar-refractivity contribution >= 4 is 23.3 Å². The maximum atomic E-state index is 12.3. The Morgan fingerprint density at radius 2 is 2.04 bits per heavy atom. The van der Waals surface area contributed by atoms with Crippen molar-refractivity contribution < 1.29 is 19.4 Å². The second kappa shape index (κ2) is 9.03. The molecule has 0 radical (unpaired) electrons. The summed E-state index contributed by atoms with van der Waals surface area (Å²) < 4.78 is 5.11. The molecule has 0 saturated heterocycles. The number of para-hydroxylation sites is 1. The van der Waals surface area contributed by atoms with E-state index in [1.807, 2.05) is 18.2 Å². The number of hydrogen-bond donors (Lipinski definition) is 1. The van der Waals surface area contributed by atoms with Gasteiger partial charge in [0.2, 0.25) is 0 Å². The van der Waals surface area contributed by atoms with Gasteiger partial charge in [-0.2, -0.15) is 5.10 Å². The summed E-state index contributed by atoms with van der Waals surface area (Å²) in [6.07, 6.45) is 2.05. The summed E-state index contributed by atoms with van der Waals surface area (Å²) in [7, 11) is 0. The third-order valence-corrected chi connectivity index (χ3v) is 4.50. The average molecular weight is 380 g/mol. The SMILES string of the molecule is C/C(=N/NC(=O)CN1CCCc2ccccc21)c1cccc(OCC(=O)[O-])c1. The Kier molecular flexibility index (Phi) is 6.26. The summed E-state index contributed by atoms with van der Waals surface area (Å²) in [5.41, 5.74) is 6.26. The topological polar surface area (TPSA) is 94.1 Å². The molecule has 1 N–H and O–H groups in total. The van der Waals surface area contributed by atoms with Crippen LogP contribution < -0.4 is 20.2 Å². The van der Waals surface area contributed by atoms with Crippen LogP contribution in [0.2, 0.25) is 0 Å². The first-order valence-corrected chi connectivity index (χ1v) is 9.12. The van der Waals surface area contributed by atoms with Crippen molar-refractivity contribution in [1.29, 1.82) is 0 Å². The highest BCUT2D eigenvalue weighted by molar-refractivity contribution is 5.99. The first-order chi connectivity index (χ1) is 13.5. The molecule has 0 unspecified atom stereocenters. The normalized spacial score (nSPS) is 13.6. The first kappa shape index (κ1) is 19.4. The second-order valence-electron chi connectivity index (χ2n) is 6.57. The van der Waals surface area contributed by atoms with Crippen LogP contribution >= 0.6 is 0 Å². The van der Waals surface area contributed by atoms with Crippen molar-refractivity contribution in [1.82, 2.24) is 5.43 Å². The predicted molar refractivity (Wildman–Crippen MR) is 104 cm³/mol. The van der Waals surface area contributed by atoms with Gasteiger partial charge in [0, 0.05) is 17.8 Å². The van der Waals surface area contributed by atoms with Crippen molar-refractivity contribution in [2.75, 3.05) is 24.6 Å². The fraction of sp³-hybridized carbons (Fsp3) is 0.286. The van der Waals surface area contributed by atoms with Crippen molar-refractivity contribution in [2.24, 2.45) is 5.10 Å². The molecule has 0 saturated carbocycles. The zero-order chi connectivity index (χ0) is 19.9. The Labute approximate surface area is 163 Å². The summed E-state index contributed by atoms with van der Waals surface area (Å²) in [5, 5.41) is 14.7. The lowest BCUT2D eigenvalue weighted by molar-refractivity contribution is -0.307. The average Bonchev–Trinajstić information content (AvgIpc) is 2.71. The van der Waals surface area contributed by atoms with Crippen LogP contribution in [0.4, 0.5) is 5.69 Å². The highest BCUT2D eigenvalue weighted by Gasteiger charge is 2.18. The Balaban J connectivity index is 1.60. The number of nitrogens with one attached hydrogen (secondary N) is 1. The number of hydrogen-bond acceptors (Lipinski definition) is 6. The lowest BCUT2D eigenvalue weighted by atomic mass is 10.0. The number of anilines is 1. The first-order valence-electron chi connectivity index (χ1n) is 9.12. The largest absolute Gasteiger partial charge is 0.546 e. The van der Waals surface area contributed by atoms with Gasteiger partial charge < -0.3 is 19.5 Å². The molecule has 1 aliphatic heterocycles. The molecule has 7 nitrogen and oxygen atoms in total. The number of carboxylic acid groups (broad SMARTS) is 1. The third kappa shape index (κ3) is 5.09. The predicted octanol–water partition coefficient (Wildman–Crippen LogP) is 1.11. The van der Waals surface area contributed by atoms with Crippen LogP contribution in [0.5, 0.6) is 5.75 Å². The molecular formula is C21H22N3O4-. The van der Waals surface area contributed by atoms with Crippen LogP contribution in [0.3, 0.4) is 0 Å². The van der Waals surface area contributed by atoms with E-state index in [1.54, 1.807) is 31.2 Å². The molecule has 1 heterocycles. The summed E-state index contributed by atoms with van der Waals surface area (Å²) in [4.78, 5) is 24.9. The zero-order valence-electron chi connectivity index (χ0n) is 15.7. The molecule has 0 fully saturated rings. The van der Waals surface area contributed by atoms with E-state index < -0.39 is 12.6 Å². The Morgan fingerprint density at radius 1 is 1.21 bits per heavy atom. The molecule has 146 valence electrons. The molecule has 2 aromatic carbocycles. The van der Waals surface area contributed by atoms with E-state index in [9.17, 15) is 14.7 Å². The highest BCUT2D eigenvalue weighted by atomic mass is 16.5. The van der Waals surface area contributed by atoms with Gasteiger partial charge in [0.25, 0.3) is 5.91 Å². The molecule has 0 spiro atoms. The van der Waals surface area contributed by atoms with Crippen LogP contribution in [0.15, 0.2) is 53.6 Å². The van der Waals surface area contributed by atoms with Gasteiger partial charge in [-0.1, -0.05) is 30.3 Å². The number of aliphatic carboxylic acids is 1. The molecule has 2 aromatic rings. The van der Waals surface area contributed by atoms with E-state index in [0.29, 0.717) is 11.5 Å². The van der Waals surface area contributed by atoms with E-state index in [-0.39, 0.29) is 12.5 Å². The lowest BCUT2D eigenvalue weighted by Gasteiger charge is -2.30. The Bertz CT molecular complexity index is 895. The molecule has 3 rings (SSSR count). The molecule has 0 atom stereocenters. The molecule has 28 heavy (non-hydrogen) atoms. The molecule has 0 bridgehead atoms.